The SMILES string of the molecule is CC/C=C\CCCCCCCCCCCCCCCCCC(=O)OCC. The van der Waals surface area contributed by atoms with Crippen molar-refractivity contribution in [3.63, 3.8) is 0 Å². The molecule has 26 heavy (non-hydrogen) atoms. The summed E-state index contributed by atoms with van der Waals surface area (Å²) in [6, 6.07) is 0. The number of ether oxygens (including phenoxy) is 1. The molecule has 0 aliphatic rings. The van der Waals surface area contributed by atoms with Crippen molar-refractivity contribution in [2.24, 2.45) is 0 Å². The van der Waals surface area contributed by atoms with Gasteiger partial charge in [0.15, 0.2) is 0 Å². The topological polar surface area (TPSA) is 26.3 Å². The second-order valence-corrected chi connectivity index (χ2v) is 7.53. The van der Waals surface area contributed by atoms with Crippen LogP contribution in [0.15, 0.2) is 12.2 Å². The van der Waals surface area contributed by atoms with Crippen molar-refractivity contribution in [2.45, 2.75) is 129 Å². The fourth-order valence-electron chi connectivity index (χ4n) is 3.35. The van der Waals surface area contributed by atoms with Crippen LogP contribution in [0.5, 0.6) is 0 Å². The highest BCUT2D eigenvalue weighted by atomic mass is 16.5. The molecule has 0 aliphatic carbocycles. The van der Waals surface area contributed by atoms with Crippen molar-refractivity contribution in [1.29, 1.82) is 0 Å². The summed E-state index contributed by atoms with van der Waals surface area (Å²) in [5.41, 5.74) is 0. The Morgan fingerprint density at radius 3 is 1.46 bits per heavy atom. The molecule has 0 unspecified atom stereocenters. The van der Waals surface area contributed by atoms with Gasteiger partial charge in [-0.25, -0.2) is 0 Å². The van der Waals surface area contributed by atoms with E-state index in [0.717, 1.165) is 6.42 Å². The Kier molecular flexibility index (Phi) is 21.6. The van der Waals surface area contributed by atoms with Gasteiger partial charge in [0.1, 0.15) is 0 Å². The van der Waals surface area contributed by atoms with Crippen LogP contribution in [0.25, 0.3) is 0 Å². The molecule has 0 saturated carbocycles. The minimum atomic E-state index is -0.0309. The maximum absolute atomic E-state index is 11.2. The largest absolute Gasteiger partial charge is 0.466 e. The van der Waals surface area contributed by atoms with Crippen LogP contribution in [0, 0.1) is 0 Å². The second-order valence-electron chi connectivity index (χ2n) is 7.53. The molecule has 0 rings (SSSR count). The van der Waals surface area contributed by atoms with Crippen LogP contribution in [0.2, 0.25) is 0 Å². The molecule has 0 amide bonds. The van der Waals surface area contributed by atoms with E-state index in [-0.39, 0.29) is 5.97 Å². The van der Waals surface area contributed by atoms with E-state index in [4.69, 9.17) is 4.74 Å². The molecule has 0 heterocycles. The molecule has 0 radical (unpaired) electrons. The lowest BCUT2D eigenvalue weighted by atomic mass is 10.0. The summed E-state index contributed by atoms with van der Waals surface area (Å²) < 4.78 is 4.94. The highest BCUT2D eigenvalue weighted by Crippen LogP contribution is 2.14. The van der Waals surface area contributed by atoms with Gasteiger partial charge in [-0.1, -0.05) is 103 Å². The Morgan fingerprint density at radius 2 is 1.04 bits per heavy atom. The number of hydrogen-bond donors (Lipinski definition) is 0. The molecule has 2 heteroatoms. The van der Waals surface area contributed by atoms with E-state index in [1.165, 1.54) is 103 Å². The van der Waals surface area contributed by atoms with Crippen LogP contribution in [-0.4, -0.2) is 12.6 Å². The number of allylic oxidation sites excluding steroid dienone is 2. The molecule has 0 aliphatic heterocycles. The Morgan fingerprint density at radius 1 is 0.615 bits per heavy atom. The van der Waals surface area contributed by atoms with Crippen LogP contribution < -0.4 is 0 Å². The van der Waals surface area contributed by atoms with Crippen LogP contribution in [0.1, 0.15) is 129 Å². The Labute approximate surface area is 164 Å². The quantitative estimate of drug-likeness (QED) is 0.123. The van der Waals surface area contributed by atoms with Gasteiger partial charge in [-0.2, -0.15) is 0 Å². The standard InChI is InChI=1S/C24H46O2/c1-3-5-6-7-8-9-10-11-12-13-14-15-16-17-18-19-20-21-22-23-24(25)26-4-2/h5-6H,3-4,7-23H2,1-2H3/b6-5-. The van der Waals surface area contributed by atoms with E-state index >= 15 is 0 Å². The Hall–Kier alpha value is -0.790. The summed E-state index contributed by atoms with van der Waals surface area (Å²) in [6.45, 7) is 4.58. The van der Waals surface area contributed by atoms with Gasteiger partial charge >= 0.3 is 5.97 Å². The molecule has 154 valence electrons. The van der Waals surface area contributed by atoms with E-state index in [0.29, 0.717) is 13.0 Å². The van der Waals surface area contributed by atoms with Gasteiger partial charge in [0.05, 0.1) is 6.61 Å². The van der Waals surface area contributed by atoms with Crippen LogP contribution in [0.3, 0.4) is 0 Å². The maximum Gasteiger partial charge on any atom is 0.305 e. The number of unbranched alkanes of at least 4 members (excludes halogenated alkanes) is 15. The summed E-state index contributed by atoms with van der Waals surface area (Å²) in [6.07, 6.45) is 28.0. The zero-order valence-corrected chi connectivity index (χ0v) is 17.9. The maximum atomic E-state index is 11.2. The highest BCUT2D eigenvalue weighted by molar-refractivity contribution is 5.69. The van der Waals surface area contributed by atoms with Crippen LogP contribution in [-0.2, 0) is 9.53 Å². The Bertz CT molecular complexity index is 309. The first-order valence-electron chi connectivity index (χ1n) is 11.6. The van der Waals surface area contributed by atoms with E-state index in [1.807, 2.05) is 6.92 Å². The number of esters is 1. The predicted octanol–water partition coefficient (Wildman–Crippen LogP) is 8.15. The first kappa shape index (κ1) is 25.2. The number of hydrogen-bond acceptors (Lipinski definition) is 2. The minimum absolute atomic E-state index is 0.0309. The van der Waals surface area contributed by atoms with E-state index in [2.05, 4.69) is 19.1 Å². The van der Waals surface area contributed by atoms with Gasteiger partial charge in [-0.15, -0.1) is 0 Å². The van der Waals surface area contributed by atoms with Gasteiger partial charge in [-0.05, 0) is 32.6 Å². The number of carbonyl (C=O) groups is 1. The summed E-state index contributed by atoms with van der Waals surface area (Å²) >= 11 is 0. The van der Waals surface area contributed by atoms with Crippen molar-refractivity contribution in [3.05, 3.63) is 12.2 Å². The average molecular weight is 367 g/mol. The predicted molar refractivity (Wildman–Crippen MR) is 115 cm³/mol. The zero-order valence-electron chi connectivity index (χ0n) is 17.9. The van der Waals surface area contributed by atoms with Gasteiger partial charge in [0.2, 0.25) is 0 Å². The third kappa shape index (κ3) is 21.3. The van der Waals surface area contributed by atoms with Crippen molar-refractivity contribution < 1.29 is 9.53 Å². The smallest absolute Gasteiger partial charge is 0.305 e. The fourth-order valence-corrected chi connectivity index (χ4v) is 3.35. The van der Waals surface area contributed by atoms with Crippen molar-refractivity contribution in [3.8, 4) is 0 Å². The van der Waals surface area contributed by atoms with E-state index in [9.17, 15) is 4.79 Å². The van der Waals surface area contributed by atoms with E-state index in [1.54, 1.807) is 0 Å². The zero-order chi connectivity index (χ0) is 19.1. The van der Waals surface area contributed by atoms with Gasteiger partial charge < -0.3 is 4.74 Å². The molecule has 0 aromatic heterocycles. The van der Waals surface area contributed by atoms with Gasteiger partial charge in [0.25, 0.3) is 0 Å². The lowest BCUT2D eigenvalue weighted by molar-refractivity contribution is -0.143. The summed E-state index contributed by atoms with van der Waals surface area (Å²) in [5.74, 6) is -0.0309. The molecule has 0 bridgehead atoms. The number of rotatable bonds is 20. The van der Waals surface area contributed by atoms with Gasteiger partial charge in [0, 0.05) is 6.42 Å². The molecule has 0 atom stereocenters. The van der Waals surface area contributed by atoms with Crippen LogP contribution >= 0.6 is 0 Å². The molecule has 0 spiro atoms. The first-order chi connectivity index (χ1) is 12.8. The lowest BCUT2D eigenvalue weighted by Crippen LogP contribution is -2.03. The summed E-state index contributed by atoms with van der Waals surface area (Å²) in [7, 11) is 0. The third-order valence-corrected chi connectivity index (χ3v) is 4.96. The molecule has 0 fully saturated rings. The summed E-state index contributed by atoms with van der Waals surface area (Å²) in [5, 5.41) is 0. The number of carbonyl (C=O) groups excluding carboxylic acids is 1. The molecule has 0 N–H and O–H groups in total. The monoisotopic (exact) mass is 366 g/mol. The molecular weight excluding hydrogens is 320 g/mol. The van der Waals surface area contributed by atoms with Crippen molar-refractivity contribution >= 4 is 5.97 Å². The molecular formula is C24H46O2. The highest BCUT2D eigenvalue weighted by Gasteiger charge is 2.00. The van der Waals surface area contributed by atoms with Crippen molar-refractivity contribution in [1.82, 2.24) is 0 Å². The fraction of sp³-hybridized carbons (Fsp3) is 0.875. The normalized spacial score (nSPS) is 11.3. The molecule has 0 saturated heterocycles. The molecule has 0 aromatic carbocycles. The third-order valence-electron chi connectivity index (χ3n) is 4.96. The first-order valence-corrected chi connectivity index (χ1v) is 11.6. The van der Waals surface area contributed by atoms with Gasteiger partial charge in [-0.3, -0.25) is 4.79 Å². The van der Waals surface area contributed by atoms with Crippen LogP contribution in [0.4, 0.5) is 0 Å². The average Bonchev–Trinajstić information content (AvgIpc) is 2.64. The minimum Gasteiger partial charge on any atom is -0.466 e. The second kappa shape index (κ2) is 22.3. The molecule has 2 nitrogen and oxygen atoms in total. The lowest BCUT2D eigenvalue weighted by Gasteiger charge is -2.04. The Balaban J connectivity index is 3.05. The van der Waals surface area contributed by atoms with Crippen molar-refractivity contribution in [2.75, 3.05) is 6.61 Å². The summed E-state index contributed by atoms with van der Waals surface area (Å²) in [4.78, 5) is 11.2. The molecule has 0 aromatic rings. The van der Waals surface area contributed by atoms with E-state index < -0.39 is 0 Å².